The van der Waals surface area contributed by atoms with E-state index in [-0.39, 0.29) is 0 Å². The zero-order valence-corrected chi connectivity index (χ0v) is 11.4. The Labute approximate surface area is 109 Å². The summed E-state index contributed by atoms with van der Waals surface area (Å²) in [7, 11) is 3.87. The van der Waals surface area contributed by atoms with Crippen molar-refractivity contribution in [2.45, 2.75) is 25.4 Å². The second kappa shape index (κ2) is 6.87. The van der Waals surface area contributed by atoms with Gasteiger partial charge >= 0.3 is 0 Å². The van der Waals surface area contributed by atoms with Gasteiger partial charge in [0, 0.05) is 39.0 Å². The first-order valence-corrected chi connectivity index (χ1v) is 6.72. The summed E-state index contributed by atoms with van der Waals surface area (Å²) in [4.78, 5) is 6.57. The predicted octanol–water partition coefficient (Wildman–Crippen LogP) is 0.886. The van der Waals surface area contributed by atoms with Crippen molar-refractivity contribution >= 4 is 0 Å². The van der Waals surface area contributed by atoms with Crippen LogP contribution in [0.4, 0.5) is 0 Å². The SMILES string of the molecule is COCCN(C)CCn1cncc1C1CCCN1. The highest BCUT2D eigenvalue weighted by atomic mass is 16.5. The van der Waals surface area contributed by atoms with Gasteiger partial charge in [0.1, 0.15) is 0 Å². The summed E-state index contributed by atoms with van der Waals surface area (Å²) in [6, 6.07) is 0.497. The Bertz CT molecular complexity index is 347. The zero-order valence-electron chi connectivity index (χ0n) is 11.4. The first-order chi connectivity index (χ1) is 8.81. The normalized spacial score (nSPS) is 19.8. The van der Waals surface area contributed by atoms with Crippen LogP contribution in [-0.4, -0.2) is 54.8 Å². The molecule has 1 unspecified atom stereocenters. The molecular formula is C13H24N4O. The molecule has 18 heavy (non-hydrogen) atoms. The standard InChI is InChI=1S/C13H24N4O/c1-16(8-9-18-2)6-7-17-11-14-10-13(17)12-4-3-5-15-12/h10-12,15H,3-9H2,1-2H3. The van der Waals surface area contributed by atoms with Gasteiger partial charge in [-0.05, 0) is 26.4 Å². The molecule has 5 heteroatoms. The van der Waals surface area contributed by atoms with Crippen molar-refractivity contribution in [3.8, 4) is 0 Å². The van der Waals surface area contributed by atoms with Gasteiger partial charge in [-0.2, -0.15) is 0 Å². The molecule has 102 valence electrons. The van der Waals surface area contributed by atoms with Crippen LogP contribution in [0.1, 0.15) is 24.6 Å². The number of nitrogens with zero attached hydrogens (tertiary/aromatic N) is 3. The molecule has 0 spiro atoms. The number of ether oxygens (including phenoxy) is 1. The summed E-state index contributed by atoms with van der Waals surface area (Å²) in [6.07, 6.45) is 6.44. The molecule has 2 rings (SSSR count). The molecule has 5 nitrogen and oxygen atoms in total. The molecule has 1 aliphatic rings. The maximum Gasteiger partial charge on any atom is 0.0949 e. The van der Waals surface area contributed by atoms with E-state index in [9.17, 15) is 0 Å². The van der Waals surface area contributed by atoms with Crippen molar-refractivity contribution in [3.05, 3.63) is 18.2 Å². The Morgan fingerprint density at radius 1 is 1.56 bits per heavy atom. The molecule has 1 aromatic rings. The maximum absolute atomic E-state index is 5.08. The summed E-state index contributed by atoms with van der Waals surface area (Å²) < 4.78 is 7.35. The monoisotopic (exact) mass is 252 g/mol. The largest absolute Gasteiger partial charge is 0.383 e. The summed E-state index contributed by atoms with van der Waals surface area (Å²) in [5.74, 6) is 0. The van der Waals surface area contributed by atoms with Crippen molar-refractivity contribution in [2.75, 3.05) is 40.4 Å². The van der Waals surface area contributed by atoms with Crippen LogP contribution in [0.3, 0.4) is 0 Å². The van der Waals surface area contributed by atoms with Crippen LogP contribution >= 0.6 is 0 Å². The third kappa shape index (κ3) is 3.54. The van der Waals surface area contributed by atoms with E-state index in [2.05, 4.69) is 26.8 Å². The molecule has 1 atom stereocenters. The van der Waals surface area contributed by atoms with Crippen LogP contribution in [0.2, 0.25) is 0 Å². The highest BCUT2D eigenvalue weighted by Crippen LogP contribution is 2.22. The number of imidazole rings is 1. The molecule has 0 aliphatic carbocycles. The molecule has 0 aromatic carbocycles. The quantitative estimate of drug-likeness (QED) is 0.782. The molecule has 1 N–H and O–H groups in total. The lowest BCUT2D eigenvalue weighted by Gasteiger charge is -2.19. The van der Waals surface area contributed by atoms with Gasteiger partial charge in [-0.3, -0.25) is 0 Å². The van der Waals surface area contributed by atoms with E-state index in [0.29, 0.717) is 6.04 Å². The van der Waals surface area contributed by atoms with E-state index >= 15 is 0 Å². The van der Waals surface area contributed by atoms with Gasteiger partial charge in [0.25, 0.3) is 0 Å². The van der Waals surface area contributed by atoms with Crippen LogP contribution < -0.4 is 5.32 Å². The van der Waals surface area contributed by atoms with Gasteiger partial charge in [-0.25, -0.2) is 4.98 Å². The maximum atomic E-state index is 5.08. The summed E-state index contributed by atoms with van der Waals surface area (Å²) in [5, 5.41) is 3.53. The fourth-order valence-corrected chi connectivity index (χ4v) is 2.38. The second-order valence-corrected chi connectivity index (χ2v) is 4.96. The highest BCUT2D eigenvalue weighted by Gasteiger charge is 2.19. The van der Waals surface area contributed by atoms with Gasteiger partial charge in [0.15, 0.2) is 0 Å². The third-order valence-electron chi connectivity index (χ3n) is 3.56. The number of aromatic nitrogens is 2. The Kier molecular flexibility index (Phi) is 5.16. The lowest BCUT2D eigenvalue weighted by atomic mass is 10.2. The minimum Gasteiger partial charge on any atom is -0.383 e. The first kappa shape index (κ1) is 13.5. The van der Waals surface area contributed by atoms with Crippen molar-refractivity contribution in [1.29, 1.82) is 0 Å². The van der Waals surface area contributed by atoms with Gasteiger partial charge in [0.05, 0.1) is 18.6 Å². The zero-order chi connectivity index (χ0) is 12.8. The topological polar surface area (TPSA) is 42.3 Å². The Morgan fingerprint density at radius 2 is 2.44 bits per heavy atom. The molecule has 1 fully saturated rings. The minimum absolute atomic E-state index is 0.497. The van der Waals surface area contributed by atoms with Crippen LogP contribution in [0, 0.1) is 0 Å². The van der Waals surface area contributed by atoms with Crippen LogP contribution in [0.5, 0.6) is 0 Å². The molecule has 0 bridgehead atoms. The fourth-order valence-electron chi connectivity index (χ4n) is 2.38. The number of hydrogen-bond donors (Lipinski definition) is 1. The predicted molar refractivity (Wildman–Crippen MR) is 71.6 cm³/mol. The average molecular weight is 252 g/mol. The molecule has 1 saturated heterocycles. The summed E-state index contributed by atoms with van der Waals surface area (Å²) in [5.41, 5.74) is 1.33. The van der Waals surface area contributed by atoms with E-state index in [1.165, 1.54) is 18.5 Å². The lowest BCUT2D eigenvalue weighted by molar-refractivity contribution is 0.159. The molecular weight excluding hydrogens is 228 g/mol. The van der Waals surface area contributed by atoms with E-state index in [1.54, 1.807) is 7.11 Å². The molecule has 0 amide bonds. The smallest absolute Gasteiger partial charge is 0.0949 e. The fraction of sp³-hybridized carbons (Fsp3) is 0.769. The van der Waals surface area contributed by atoms with Gasteiger partial charge in [-0.15, -0.1) is 0 Å². The minimum atomic E-state index is 0.497. The number of nitrogens with one attached hydrogen (secondary N) is 1. The van der Waals surface area contributed by atoms with Gasteiger partial charge in [-0.1, -0.05) is 0 Å². The van der Waals surface area contributed by atoms with E-state index in [0.717, 1.165) is 32.8 Å². The second-order valence-electron chi connectivity index (χ2n) is 4.96. The Balaban J connectivity index is 1.83. The van der Waals surface area contributed by atoms with Crippen molar-refractivity contribution < 1.29 is 4.74 Å². The average Bonchev–Trinajstić information content (AvgIpc) is 3.03. The van der Waals surface area contributed by atoms with Crippen LogP contribution in [-0.2, 0) is 11.3 Å². The van der Waals surface area contributed by atoms with Crippen LogP contribution in [0.15, 0.2) is 12.5 Å². The van der Waals surface area contributed by atoms with Gasteiger partial charge < -0.3 is 19.5 Å². The van der Waals surface area contributed by atoms with Crippen molar-refractivity contribution in [1.82, 2.24) is 19.8 Å². The van der Waals surface area contributed by atoms with Crippen molar-refractivity contribution in [3.63, 3.8) is 0 Å². The Morgan fingerprint density at radius 3 is 3.17 bits per heavy atom. The summed E-state index contributed by atoms with van der Waals surface area (Å²) in [6.45, 7) is 4.91. The van der Waals surface area contributed by atoms with E-state index in [1.807, 2.05) is 12.5 Å². The number of hydrogen-bond acceptors (Lipinski definition) is 4. The number of rotatable bonds is 7. The van der Waals surface area contributed by atoms with Crippen molar-refractivity contribution in [2.24, 2.45) is 0 Å². The first-order valence-electron chi connectivity index (χ1n) is 6.72. The molecule has 1 aromatic heterocycles. The third-order valence-corrected chi connectivity index (χ3v) is 3.56. The van der Waals surface area contributed by atoms with Crippen LogP contribution in [0.25, 0.3) is 0 Å². The molecule has 1 aliphatic heterocycles. The molecule has 0 saturated carbocycles. The lowest BCUT2D eigenvalue weighted by Crippen LogP contribution is -2.27. The highest BCUT2D eigenvalue weighted by molar-refractivity contribution is 5.07. The number of likely N-dealkylation sites (N-methyl/N-ethyl adjacent to an activating group) is 1. The van der Waals surface area contributed by atoms with E-state index in [4.69, 9.17) is 4.74 Å². The summed E-state index contributed by atoms with van der Waals surface area (Å²) >= 11 is 0. The number of methoxy groups -OCH3 is 1. The van der Waals surface area contributed by atoms with E-state index < -0.39 is 0 Å². The molecule has 2 heterocycles. The Hall–Kier alpha value is -0.910. The molecule has 0 radical (unpaired) electrons. The van der Waals surface area contributed by atoms with Gasteiger partial charge in [0.2, 0.25) is 0 Å².